The molecule has 2 aromatic carbocycles. The van der Waals surface area contributed by atoms with Crippen LogP contribution >= 0.6 is 0 Å². The monoisotopic (exact) mass is 349 g/mol. The molecule has 3 aromatic rings. The van der Waals surface area contributed by atoms with Gasteiger partial charge in [0.2, 0.25) is 0 Å². The van der Waals surface area contributed by atoms with E-state index in [1.807, 2.05) is 43.3 Å². The van der Waals surface area contributed by atoms with Crippen molar-refractivity contribution in [2.75, 3.05) is 13.7 Å². The van der Waals surface area contributed by atoms with Gasteiger partial charge in [-0.15, -0.1) is 0 Å². The van der Waals surface area contributed by atoms with E-state index < -0.39 is 0 Å². The zero-order chi connectivity index (χ0) is 18.3. The number of nitrogens with zero attached hydrogens (tertiary/aromatic N) is 1. The summed E-state index contributed by atoms with van der Waals surface area (Å²) in [7, 11) is 1.36. The highest BCUT2D eigenvalue weighted by Crippen LogP contribution is 2.28. The van der Waals surface area contributed by atoms with Crippen LogP contribution in [0, 0.1) is 6.92 Å². The van der Waals surface area contributed by atoms with Crippen LogP contribution < -0.4 is 0 Å². The molecule has 1 aromatic heterocycles. The first-order valence-electron chi connectivity index (χ1n) is 8.56. The maximum Gasteiger partial charge on any atom is 0.337 e. The third-order valence-electron chi connectivity index (χ3n) is 4.96. The van der Waals surface area contributed by atoms with Gasteiger partial charge in [0.1, 0.15) is 5.58 Å². The molecule has 2 heterocycles. The minimum atomic E-state index is -0.371. The first-order valence-corrected chi connectivity index (χ1v) is 8.56. The Morgan fingerprint density at radius 2 is 1.92 bits per heavy atom. The molecule has 0 radical (unpaired) electrons. The smallest absolute Gasteiger partial charge is 0.337 e. The van der Waals surface area contributed by atoms with E-state index in [4.69, 9.17) is 9.15 Å². The predicted octanol–water partition coefficient (Wildman–Crippen LogP) is 3.73. The SMILES string of the molecule is COC(=O)c1ccc2c(c1)CN(C(=O)c1oc3ccccc3c1C)CC2. The maximum atomic E-state index is 13.0. The number of rotatable bonds is 2. The summed E-state index contributed by atoms with van der Waals surface area (Å²) in [5, 5.41) is 0.959. The van der Waals surface area contributed by atoms with E-state index in [-0.39, 0.29) is 11.9 Å². The largest absolute Gasteiger partial charge is 0.465 e. The molecule has 0 saturated carbocycles. The van der Waals surface area contributed by atoms with Gasteiger partial charge in [0.25, 0.3) is 5.91 Å². The molecule has 1 amide bonds. The van der Waals surface area contributed by atoms with Crippen molar-refractivity contribution in [2.24, 2.45) is 0 Å². The average Bonchev–Trinajstić information content (AvgIpc) is 3.02. The lowest BCUT2D eigenvalue weighted by Crippen LogP contribution is -2.36. The molecule has 5 nitrogen and oxygen atoms in total. The van der Waals surface area contributed by atoms with Crippen molar-refractivity contribution in [1.82, 2.24) is 4.90 Å². The van der Waals surface area contributed by atoms with E-state index >= 15 is 0 Å². The van der Waals surface area contributed by atoms with Crippen molar-refractivity contribution in [3.05, 3.63) is 70.5 Å². The van der Waals surface area contributed by atoms with Crippen LogP contribution in [0.1, 0.15) is 37.6 Å². The molecule has 0 atom stereocenters. The van der Waals surface area contributed by atoms with Crippen molar-refractivity contribution >= 4 is 22.8 Å². The molecule has 1 aliphatic heterocycles. The Balaban J connectivity index is 1.64. The topological polar surface area (TPSA) is 59.8 Å². The second kappa shape index (κ2) is 6.33. The summed E-state index contributed by atoms with van der Waals surface area (Å²) in [4.78, 5) is 26.5. The van der Waals surface area contributed by atoms with Gasteiger partial charge in [0.05, 0.1) is 12.7 Å². The number of carbonyl (C=O) groups is 2. The Morgan fingerprint density at radius 3 is 2.69 bits per heavy atom. The summed E-state index contributed by atoms with van der Waals surface area (Å²) in [5.41, 5.74) is 4.21. The fraction of sp³-hybridized carbons (Fsp3) is 0.238. The number of methoxy groups -OCH3 is 1. The Hall–Kier alpha value is -3.08. The lowest BCUT2D eigenvalue weighted by Gasteiger charge is -2.28. The molecule has 0 unspecified atom stereocenters. The van der Waals surface area contributed by atoms with E-state index in [0.717, 1.165) is 34.1 Å². The van der Waals surface area contributed by atoms with Crippen LogP contribution in [-0.2, 0) is 17.7 Å². The molecule has 0 N–H and O–H groups in total. The van der Waals surface area contributed by atoms with Gasteiger partial charge in [-0.25, -0.2) is 4.79 Å². The van der Waals surface area contributed by atoms with Crippen LogP contribution in [-0.4, -0.2) is 30.4 Å². The zero-order valence-electron chi connectivity index (χ0n) is 14.7. The molecule has 0 spiro atoms. The minimum Gasteiger partial charge on any atom is -0.465 e. The number of hydrogen-bond acceptors (Lipinski definition) is 4. The van der Waals surface area contributed by atoms with Crippen LogP contribution in [0.15, 0.2) is 46.9 Å². The van der Waals surface area contributed by atoms with Crippen molar-refractivity contribution < 1.29 is 18.7 Å². The normalized spacial score (nSPS) is 13.5. The highest BCUT2D eigenvalue weighted by atomic mass is 16.5. The highest BCUT2D eigenvalue weighted by Gasteiger charge is 2.27. The molecule has 26 heavy (non-hydrogen) atoms. The van der Waals surface area contributed by atoms with Crippen molar-refractivity contribution in [3.63, 3.8) is 0 Å². The lowest BCUT2D eigenvalue weighted by molar-refractivity contribution is 0.0600. The van der Waals surface area contributed by atoms with Gasteiger partial charge >= 0.3 is 5.97 Å². The van der Waals surface area contributed by atoms with Crippen LogP contribution in [0.2, 0.25) is 0 Å². The van der Waals surface area contributed by atoms with Crippen LogP contribution in [0.3, 0.4) is 0 Å². The molecule has 0 aliphatic carbocycles. The Bertz CT molecular complexity index is 1020. The van der Waals surface area contributed by atoms with E-state index in [0.29, 0.717) is 24.4 Å². The molecule has 0 bridgehead atoms. The molecule has 0 fully saturated rings. The summed E-state index contributed by atoms with van der Waals surface area (Å²) in [6.07, 6.45) is 0.752. The molecule has 1 aliphatic rings. The van der Waals surface area contributed by atoms with Crippen LogP contribution in [0.4, 0.5) is 0 Å². The molecule has 4 rings (SSSR count). The van der Waals surface area contributed by atoms with Gasteiger partial charge in [-0.05, 0) is 42.7 Å². The average molecular weight is 349 g/mol. The Labute approximate surface area is 151 Å². The Morgan fingerprint density at radius 1 is 1.12 bits per heavy atom. The predicted molar refractivity (Wildman–Crippen MR) is 97.2 cm³/mol. The van der Waals surface area contributed by atoms with Gasteiger partial charge in [-0.2, -0.15) is 0 Å². The molecule has 0 saturated heterocycles. The first-order chi connectivity index (χ1) is 12.6. The number of amides is 1. The number of para-hydroxylation sites is 1. The number of carbonyl (C=O) groups excluding carboxylic acids is 2. The minimum absolute atomic E-state index is 0.118. The van der Waals surface area contributed by atoms with Crippen LogP contribution in [0.25, 0.3) is 11.0 Å². The maximum absolute atomic E-state index is 13.0. The van der Waals surface area contributed by atoms with E-state index in [1.54, 1.807) is 11.0 Å². The zero-order valence-corrected chi connectivity index (χ0v) is 14.7. The molecular formula is C21H19NO4. The number of ether oxygens (including phenoxy) is 1. The third kappa shape index (κ3) is 2.65. The van der Waals surface area contributed by atoms with Gasteiger partial charge in [0, 0.05) is 24.0 Å². The quantitative estimate of drug-likeness (QED) is 0.662. The summed E-state index contributed by atoms with van der Waals surface area (Å²) in [5.74, 6) is -0.101. The van der Waals surface area contributed by atoms with Gasteiger partial charge in [-0.1, -0.05) is 24.3 Å². The van der Waals surface area contributed by atoms with Crippen molar-refractivity contribution in [2.45, 2.75) is 19.9 Å². The first kappa shape index (κ1) is 16.4. The van der Waals surface area contributed by atoms with E-state index in [1.165, 1.54) is 7.11 Å². The third-order valence-corrected chi connectivity index (χ3v) is 4.96. The molecular weight excluding hydrogens is 330 g/mol. The standard InChI is InChI=1S/C21H19NO4/c1-13-17-5-3-4-6-18(17)26-19(13)20(23)22-10-9-14-7-8-15(21(24)25-2)11-16(14)12-22/h3-8,11H,9-10,12H2,1-2H3. The number of furan rings is 1. The summed E-state index contributed by atoms with van der Waals surface area (Å²) in [6, 6.07) is 13.2. The molecule has 132 valence electrons. The number of hydrogen-bond donors (Lipinski definition) is 0. The van der Waals surface area contributed by atoms with Gasteiger partial charge in [-0.3, -0.25) is 4.79 Å². The number of esters is 1. The van der Waals surface area contributed by atoms with Crippen LogP contribution in [0.5, 0.6) is 0 Å². The van der Waals surface area contributed by atoms with E-state index in [9.17, 15) is 9.59 Å². The number of benzene rings is 2. The summed E-state index contributed by atoms with van der Waals surface area (Å²) >= 11 is 0. The second-order valence-corrected chi connectivity index (χ2v) is 6.50. The lowest BCUT2D eigenvalue weighted by atomic mass is 9.97. The second-order valence-electron chi connectivity index (χ2n) is 6.50. The van der Waals surface area contributed by atoms with Gasteiger partial charge < -0.3 is 14.1 Å². The summed E-state index contributed by atoms with van der Waals surface area (Å²) < 4.78 is 10.6. The van der Waals surface area contributed by atoms with Crippen molar-refractivity contribution in [1.29, 1.82) is 0 Å². The number of fused-ring (bicyclic) bond motifs is 2. The molecule has 5 heteroatoms. The number of aryl methyl sites for hydroxylation is 1. The van der Waals surface area contributed by atoms with Crippen molar-refractivity contribution in [3.8, 4) is 0 Å². The Kier molecular flexibility index (Phi) is 3.99. The van der Waals surface area contributed by atoms with Gasteiger partial charge in [0.15, 0.2) is 5.76 Å². The van der Waals surface area contributed by atoms with E-state index in [2.05, 4.69) is 0 Å². The fourth-order valence-corrected chi connectivity index (χ4v) is 3.50. The summed E-state index contributed by atoms with van der Waals surface area (Å²) in [6.45, 7) is 2.99. The fourth-order valence-electron chi connectivity index (χ4n) is 3.50. The highest BCUT2D eigenvalue weighted by molar-refractivity contribution is 5.99.